The molecule has 0 N–H and O–H groups in total. The van der Waals surface area contributed by atoms with Gasteiger partial charge in [0.25, 0.3) is 5.69 Å². The SMILES string of the molecule is Cc1ccc(C(=O)CSc2nc3cc(Cl)ccc3s2)cc1[N+](=O)[O-]. The van der Waals surface area contributed by atoms with Crippen LogP contribution in [0.4, 0.5) is 5.69 Å². The average molecular weight is 379 g/mol. The molecule has 0 atom stereocenters. The van der Waals surface area contributed by atoms with Gasteiger partial charge in [-0.05, 0) is 25.1 Å². The van der Waals surface area contributed by atoms with E-state index in [0.29, 0.717) is 16.1 Å². The molecule has 3 aromatic rings. The van der Waals surface area contributed by atoms with Gasteiger partial charge in [-0.15, -0.1) is 11.3 Å². The molecule has 122 valence electrons. The van der Waals surface area contributed by atoms with E-state index < -0.39 is 4.92 Å². The molecule has 0 amide bonds. The minimum Gasteiger partial charge on any atom is -0.293 e. The Labute approximate surface area is 150 Å². The maximum Gasteiger partial charge on any atom is 0.273 e. The predicted molar refractivity (Wildman–Crippen MR) is 97.5 cm³/mol. The number of thioether (sulfide) groups is 1. The first-order chi connectivity index (χ1) is 11.4. The van der Waals surface area contributed by atoms with Gasteiger partial charge in [0.2, 0.25) is 0 Å². The average Bonchev–Trinajstić information content (AvgIpc) is 2.94. The normalized spacial score (nSPS) is 10.9. The summed E-state index contributed by atoms with van der Waals surface area (Å²) >= 11 is 8.74. The smallest absolute Gasteiger partial charge is 0.273 e. The topological polar surface area (TPSA) is 73.1 Å². The van der Waals surface area contributed by atoms with E-state index in [0.717, 1.165) is 14.6 Å². The second kappa shape index (κ2) is 6.88. The van der Waals surface area contributed by atoms with Crippen LogP contribution < -0.4 is 0 Å². The van der Waals surface area contributed by atoms with E-state index >= 15 is 0 Å². The van der Waals surface area contributed by atoms with Gasteiger partial charge in [0, 0.05) is 22.2 Å². The Bertz CT molecular complexity index is 956. The van der Waals surface area contributed by atoms with Crippen LogP contribution in [0.25, 0.3) is 10.2 Å². The summed E-state index contributed by atoms with van der Waals surface area (Å²) in [5.41, 5.74) is 1.63. The lowest BCUT2D eigenvalue weighted by Crippen LogP contribution is -2.04. The number of rotatable bonds is 5. The Balaban J connectivity index is 1.74. The number of nitro groups is 1. The molecule has 5 nitrogen and oxygen atoms in total. The molecule has 8 heteroatoms. The Morgan fingerprint density at radius 1 is 1.33 bits per heavy atom. The van der Waals surface area contributed by atoms with Crippen molar-refractivity contribution < 1.29 is 9.72 Å². The van der Waals surface area contributed by atoms with Crippen molar-refractivity contribution in [2.75, 3.05) is 5.75 Å². The number of carbonyl (C=O) groups excluding carboxylic acids is 1. The molecule has 0 radical (unpaired) electrons. The third-order valence-electron chi connectivity index (χ3n) is 3.38. The Morgan fingerprint density at radius 2 is 2.12 bits per heavy atom. The first-order valence-electron chi connectivity index (χ1n) is 6.91. The fourth-order valence-electron chi connectivity index (χ4n) is 2.13. The summed E-state index contributed by atoms with van der Waals surface area (Å²) in [6, 6.07) is 10.0. The largest absolute Gasteiger partial charge is 0.293 e. The van der Waals surface area contributed by atoms with E-state index in [9.17, 15) is 14.9 Å². The molecule has 0 saturated heterocycles. The minimum atomic E-state index is -0.476. The molecule has 0 aliphatic heterocycles. The van der Waals surface area contributed by atoms with Gasteiger partial charge in [0.15, 0.2) is 10.1 Å². The summed E-state index contributed by atoms with van der Waals surface area (Å²) in [6.45, 7) is 1.65. The van der Waals surface area contributed by atoms with Crippen LogP contribution in [0.5, 0.6) is 0 Å². The second-order valence-corrected chi connectivity index (χ2v) is 7.75. The lowest BCUT2D eigenvalue weighted by Gasteiger charge is -2.02. The van der Waals surface area contributed by atoms with Crippen molar-refractivity contribution in [1.29, 1.82) is 0 Å². The van der Waals surface area contributed by atoms with Gasteiger partial charge in [-0.25, -0.2) is 4.98 Å². The van der Waals surface area contributed by atoms with Crippen molar-refractivity contribution in [1.82, 2.24) is 4.98 Å². The van der Waals surface area contributed by atoms with Crippen molar-refractivity contribution in [2.24, 2.45) is 0 Å². The van der Waals surface area contributed by atoms with Crippen LogP contribution in [0.1, 0.15) is 15.9 Å². The zero-order valence-corrected chi connectivity index (χ0v) is 14.9. The molecule has 0 aliphatic carbocycles. The van der Waals surface area contributed by atoms with Crippen molar-refractivity contribution in [3.63, 3.8) is 0 Å². The lowest BCUT2D eigenvalue weighted by atomic mass is 10.1. The fourth-order valence-corrected chi connectivity index (χ4v) is 4.24. The number of ketones is 1. The molecule has 0 unspecified atom stereocenters. The zero-order chi connectivity index (χ0) is 17.3. The molecule has 1 heterocycles. The zero-order valence-electron chi connectivity index (χ0n) is 12.5. The molecule has 0 aliphatic rings. The van der Waals surface area contributed by atoms with Gasteiger partial charge in [0.05, 0.1) is 20.9 Å². The molecular weight excluding hydrogens is 368 g/mol. The monoisotopic (exact) mass is 378 g/mol. The highest BCUT2D eigenvalue weighted by Crippen LogP contribution is 2.31. The van der Waals surface area contributed by atoms with Gasteiger partial charge < -0.3 is 0 Å². The van der Waals surface area contributed by atoms with E-state index in [1.807, 2.05) is 6.07 Å². The number of carbonyl (C=O) groups is 1. The molecular formula is C16H11ClN2O3S2. The van der Waals surface area contributed by atoms with E-state index in [1.165, 1.54) is 29.2 Å². The molecule has 24 heavy (non-hydrogen) atoms. The van der Waals surface area contributed by atoms with E-state index in [2.05, 4.69) is 4.98 Å². The number of aromatic nitrogens is 1. The molecule has 0 bridgehead atoms. The number of nitro benzene ring substituents is 1. The number of benzene rings is 2. The summed E-state index contributed by atoms with van der Waals surface area (Å²) in [5, 5.41) is 11.6. The lowest BCUT2D eigenvalue weighted by molar-refractivity contribution is -0.385. The third-order valence-corrected chi connectivity index (χ3v) is 5.80. The standard InChI is InChI=1S/C16H11ClN2O3S2/c1-9-2-3-10(6-13(9)19(21)22)14(20)8-23-16-18-12-7-11(17)4-5-15(12)24-16/h2-7H,8H2,1H3. The Morgan fingerprint density at radius 3 is 2.88 bits per heavy atom. The second-order valence-electron chi connectivity index (χ2n) is 5.06. The van der Waals surface area contributed by atoms with Crippen LogP contribution in [0, 0.1) is 17.0 Å². The van der Waals surface area contributed by atoms with E-state index in [1.54, 1.807) is 31.2 Å². The fraction of sp³-hybridized carbons (Fsp3) is 0.125. The highest BCUT2D eigenvalue weighted by molar-refractivity contribution is 8.01. The predicted octanol–water partition coefficient (Wildman–Crippen LogP) is 5.14. The van der Waals surface area contributed by atoms with Gasteiger partial charge in [-0.3, -0.25) is 14.9 Å². The first kappa shape index (κ1) is 16.9. The van der Waals surface area contributed by atoms with Crippen LogP contribution in [-0.4, -0.2) is 21.4 Å². The Hall–Kier alpha value is -1.96. The molecule has 1 aromatic heterocycles. The third kappa shape index (κ3) is 3.58. The number of Topliss-reactive ketones (excluding diaryl/α,β-unsaturated/α-hetero) is 1. The van der Waals surface area contributed by atoms with Crippen LogP contribution in [0.15, 0.2) is 40.7 Å². The molecule has 0 fully saturated rings. The summed E-state index contributed by atoms with van der Waals surface area (Å²) in [7, 11) is 0. The van der Waals surface area contributed by atoms with Gasteiger partial charge in [0.1, 0.15) is 0 Å². The quantitative estimate of drug-likeness (QED) is 0.266. The van der Waals surface area contributed by atoms with Crippen LogP contribution >= 0.6 is 34.7 Å². The van der Waals surface area contributed by atoms with Crippen molar-refractivity contribution in [3.8, 4) is 0 Å². The highest BCUT2D eigenvalue weighted by Gasteiger charge is 2.16. The maximum absolute atomic E-state index is 12.3. The highest BCUT2D eigenvalue weighted by atomic mass is 35.5. The van der Waals surface area contributed by atoms with Crippen LogP contribution in [0.2, 0.25) is 5.02 Å². The first-order valence-corrected chi connectivity index (χ1v) is 9.09. The van der Waals surface area contributed by atoms with Crippen molar-refractivity contribution in [2.45, 2.75) is 11.3 Å². The van der Waals surface area contributed by atoms with Gasteiger partial charge in [-0.2, -0.15) is 0 Å². The maximum atomic E-state index is 12.3. The number of aryl methyl sites for hydroxylation is 1. The van der Waals surface area contributed by atoms with Crippen molar-refractivity contribution >= 4 is 56.4 Å². The summed E-state index contributed by atoms with van der Waals surface area (Å²) in [6.07, 6.45) is 0. The Kier molecular flexibility index (Phi) is 4.84. The number of hydrogen-bond donors (Lipinski definition) is 0. The number of nitrogens with zero attached hydrogens (tertiary/aromatic N) is 2. The number of thiazole rings is 1. The summed E-state index contributed by atoms with van der Waals surface area (Å²) < 4.78 is 1.77. The molecule has 3 rings (SSSR count). The van der Waals surface area contributed by atoms with Crippen LogP contribution in [0.3, 0.4) is 0 Å². The number of halogens is 1. The van der Waals surface area contributed by atoms with E-state index in [4.69, 9.17) is 11.6 Å². The molecule has 2 aromatic carbocycles. The van der Waals surface area contributed by atoms with E-state index in [-0.39, 0.29) is 17.2 Å². The number of hydrogen-bond acceptors (Lipinski definition) is 6. The summed E-state index contributed by atoms with van der Waals surface area (Å²) in [5.74, 6) is 0.00807. The van der Waals surface area contributed by atoms with Gasteiger partial charge >= 0.3 is 0 Å². The molecule has 0 spiro atoms. The molecule has 0 saturated carbocycles. The number of fused-ring (bicyclic) bond motifs is 1. The minimum absolute atomic E-state index is 0.0412. The van der Waals surface area contributed by atoms with Gasteiger partial charge in [-0.1, -0.05) is 35.5 Å². The van der Waals surface area contributed by atoms with Crippen molar-refractivity contribution in [3.05, 3.63) is 62.7 Å². The van der Waals surface area contributed by atoms with Crippen LogP contribution in [-0.2, 0) is 0 Å². The summed E-state index contributed by atoms with van der Waals surface area (Å²) in [4.78, 5) is 27.2.